The van der Waals surface area contributed by atoms with Gasteiger partial charge in [0.25, 0.3) is 6.43 Å². The number of alkyl halides is 5. The Morgan fingerprint density at radius 3 is 2.08 bits per heavy atom. The molecule has 144 valence electrons. The molecule has 0 bridgehead atoms. The minimum atomic E-state index is -5.20. The molecule has 0 heterocycles. The molecule has 0 fully saturated rings. The summed E-state index contributed by atoms with van der Waals surface area (Å²) in [7, 11) is 0. The molecular formula is C15H19F6NO2S. The second kappa shape index (κ2) is 7.73. The summed E-state index contributed by atoms with van der Waals surface area (Å²) in [4.78, 5) is 0. The Labute approximate surface area is 144 Å². The van der Waals surface area contributed by atoms with E-state index in [-0.39, 0.29) is 0 Å². The minimum Gasteiger partial charge on any atom is -0.598 e. The predicted octanol–water partition coefficient (Wildman–Crippen LogP) is 3.65. The third kappa shape index (κ3) is 5.25. The number of benzene rings is 1. The van der Waals surface area contributed by atoms with Crippen molar-refractivity contribution < 1.29 is 36.0 Å². The van der Waals surface area contributed by atoms with Crippen LogP contribution in [0.4, 0.5) is 26.3 Å². The van der Waals surface area contributed by atoms with Crippen LogP contribution in [0, 0.1) is 5.82 Å². The SMILES string of the molecule is CC(C)(C)[S+]([O-])N[C@@](C[C@H](O)C(F)(F)F)(c1ccccc1F)C(F)F. The van der Waals surface area contributed by atoms with Crippen molar-refractivity contribution in [2.45, 2.75) is 56.2 Å². The quantitative estimate of drug-likeness (QED) is 0.575. The molecule has 0 saturated heterocycles. The van der Waals surface area contributed by atoms with E-state index < -0.39 is 58.2 Å². The van der Waals surface area contributed by atoms with Gasteiger partial charge in [0, 0.05) is 23.3 Å². The maximum absolute atomic E-state index is 14.1. The van der Waals surface area contributed by atoms with Crippen molar-refractivity contribution in [1.29, 1.82) is 0 Å². The Morgan fingerprint density at radius 2 is 1.68 bits per heavy atom. The van der Waals surface area contributed by atoms with Crippen LogP contribution in [-0.2, 0) is 16.9 Å². The van der Waals surface area contributed by atoms with Gasteiger partial charge in [0.2, 0.25) is 0 Å². The highest BCUT2D eigenvalue weighted by molar-refractivity contribution is 7.90. The Morgan fingerprint density at radius 1 is 1.16 bits per heavy atom. The molecule has 0 radical (unpaired) electrons. The molecule has 3 atom stereocenters. The Hall–Kier alpha value is -0.970. The number of aliphatic hydroxyl groups excluding tert-OH is 1. The van der Waals surface area contributed by atoms with E-state index in [2.05, 4.69) is 0 Å². The normalized spacial score (nSPS) is 18.1. The lowest BCUT2D eigenvalue weighted by Crippen LogP contribution is -2.58. The molecule has 2 N–H and O–H groups in total. The second-order valence-electron chi connectivity index (χ2n) is 6.50. The fourth-order valence-electron chi connectivity index (χ4n) is 2.02. The topological polar surface area (TPSA) is 55.3 Å². The van der Waals surface area contributed by atoms with Gasteiger partial charge in [-0.25, -0.2) is 13.2 Å². The number of nitrogens with one attached hydrogen (secondary N) is 1. The van der Waals surface area contributed by atoms with E-state index >= 15 is 0 Å². The van der Waals surface area contributed by atoms with Crippen LogP contribution in [-0.4, -0.2) is 33.1 Å². The summed E-state index contributed by atoms with van der Waals surface area (Å²) in [6.45, 7) is 4.23. The second-order valence-corrected chi connectivity index (χ2v) is 8.46. The average molecular weight is 391 g/mol. The van der Waals surface area contributed by atoms with Crippen LogP contribution in [0.3, 0.4) is 0 Å². The van der Waals surface area contributed by atoms with Crippen molar-refractivity contribution >= 4 is 11.4 Å². The molecule has 1 aromatic rings. The van der Waals surface area contributed by atoms with Gasteiger partial charge < -0.3 is 9.66 Å². The van der Waals surface area contributed by atoms with Crippen molar-refractivity contribution in [2.24, 2.45) is 0 Å². The van der Waals surface area contributed by atoms with Crippen LogP contribution >= 0.6 is 0 Å². The standard InChI is InChI=1S/C15H19F6NO2S/c1-13(2,3)25(24)22-14(12(17)18,8-11(23)15(19,20)21)9-6-4-5-7-10(9)16/h4-7,11-12,22-23H,8H2,1-3H3/t11-,14-,25?/m0/s1. The fourth-order valence-corrected chi connectivity index (χ4v) is 2.94. The van der Waals surface area contributed by atoms with Crippen LogP contribution < -0.4 is 4.72 Å². The van der Waals surface area contributed by atoms with E-state index in [9.17, 15) is 36.0 Å². The highest BCUT2D eigenvalue weighted by atomic mass is 32.2. The van der Waals surface area contributed by atoms with Crippen LogP contribution in [0.2, 0.25) is 0 Å². The summed E-state index contributed by atoms with van der Waals surface area (Å²) in [6.07, 6.45) is -13.5. The lowest BCUT2D eigenvalue weighted by Gasteiger charge is -2.38. The zero-order chi connectivity index (χ0) is 19.6. The molecule has 0 aliphatic carbocycles. The van der Waals surface area contributed by atoms with E-state index in [0.717, 1.165) is 18.2 Å². The van der Waals surface area contributed by atoms with Crippen molar-refractivity contribution in [2.75, 3.05) is 0 Å². The summed E-state index contributed by atoms with van der Waals surface area (Å²) < 4.78 is 93.2. The summed E-state index contributed by atoms with van der Waals surface area (Å²) in [6, 6.07) is 4.01. The molecular weight excluding hydrogens is 372 g/mol. The first kappa shape index (κ1) is 22.1. The van der Waals surface area contributed by atoms with Crippen molar-refractivity contribution in [1.82, 2.24) is 4.72 Å². The van der Waals surface area contributed by atoms with Gasteiger partial charge in [-0.05, 0) is 26.8 Å². The minimum absolute atomic E-state index is 0.800. The molecule has 25 heavy (non-hydrogen) atoms. The highest BCUT2D eigenvalue weighted by Gasteiger charge is 2.54. The van der Waals surface area contributed by atoms with E-state index in [0.29, 0.717) is 0 Å². The smallest absolute Gasteiger partial charge is 0.414 e. The van der Waals surface area contributed by atoms with Crippen molar-refractivity contribution in [3.63, 3.8) is 0 Å². The molecule has 0 aliphatic heterocycles. The van der Waals surface area contributed by atoms with Gasteiger partial charge >= 0.3 is 6.18 Å². The van der Waals surface area contributed by atoms with Gasteiger partial charge in [-0.2, -0.15) is 13.2 Å². The third-order valence-corrected chi connectivity index (χ3v) is 5.11. The molecule has 0 aromatic heterocycles. The molecule has 0 amide bonds. The Balaban J connectivity index is 3.48. The predicted molar refractivity (Wildman–Crippen MR) is 81.8 cm³/mol. The lowest BCUT2D eigenvalue weighted by molar-refractivity contribution is -0.213. The van der Waals surface area contributed by atoms with Crippen molar-refractivity contribution in [3.05, 3.63) is 35.6 Å². The van der Waals surface area contributed by atoms with E-state index in [4.69, 9.17) is 0 Å². The van der Waals surface area contributed by atoms with E-state index in [1.54, 1.807) is 0 Å². The van der Waals surface area contributed by atoms with Crippen LogP contribution in [0.1, 0.15) is 32.8 Å². The van der Waals surface area contributed by atoms with Crippen molar-refractivity contribution in [3.8, 4) is 0 Å². The molecule has 10 heteroatoms. The number of rotatable bonds is 6. The zero-order valence-electron chi connectivity index (χ0n) is 13.7. The number of hydrogen-bond donors (Lipinski definition) is 2. The van der Waals surface area contributed by atoms with E-state index in [1.807, 2.05) is 4.72 Å². The van der Waals surface area contributed by atoms with E-state index in [1.165, 1.54) is 26.8 Å². The first-order valence-electron chi connectivity index (χ1n) is 7.19. The monoisotopic (exact) mass is 391 g/mol. The number of hydrogen-bond acceptors (Lipinski definition) is 3. The summed E-state index contributed by atoms with van der Waals surface area (Å²) >= 11 is -2.25. The van der Waals surface area contributed by atoms with Gasteiger partial charge in [0.1, 0.15) is 10.6 Å². The Kier molecular flexibility index (Phi) is 6.82. The summed E-state index contributed by atoms with van der Waals surface area (Å²) in [5, 5.41) is 9.32. The van der Waals surface area contributed by atoms with Crippen LogP contribution in [0.5, 0.6) is 0 Å². The molecule has 3 nitrogen and oxygen atoms in total. The zero-order valence-corrected chi connectivity index (χ0v) is 14.5. The van der Waals surface area contributed by atoms with Gasteiger partial charge in [-0.15, -0.1) is 4.72 Å². The highest BCUT2D eigenvalue weighted by Crippen LogP contribution is 2.40. The summed E-state index contributed by atoms with van der Waals surface area (Å²) in [5.74, 6) is -1.20. The first-order valence-corrected chi connectivity index (χ1v) is 8.34. The van der Waals surface area contributed by atoms with Crippen LogP contribution in [0.25, 0.3) is 0 Å². The Bertz CT molecular complexity index is 554. The van der Waals surface area contributed by atoms with Crippen LogP contribution in [0.15, 0.2) is 24.3 Å². The first-order chi connectivity index (χ1) is 11.2. The third-order valence-electron chi connectivity index (χ3n) is 3.45. The lowest BCUT2D eigenvalue weighted by atomic mass is 9.85. The maximum Gasteiger partial charge on any atom is 0.414 e. The van der Waals surface area contributed by atoms with Gasteiger partial charge in [-0.1, -0.05) is 18.2 Å². The van der Waals surface area contributed by atoms with Gasteiger partial charge in [-0.3, -0.25) is 0 Å². The fraction of sp³-hybridized carbons (Fsp3) is 0.600. The molecule has 0 saturated carbocycles. The molecule has 1 unspecified atom stereocenters. The largest absolute Gasteiger partial charge is 0.598 e. The molecule has 0 aliphatic rings. The number of aliphatic hydroxyl groups is 1. The van der Waals surface area contributed by atoms with Gasteiger partial charge in [0.05, 0.1) is 0 Å². The molecule has 0 spiro atoms. The average Bonchev–Trinajstić information content (AvgIpc) is 2.44. The molecule has 1 aromatic carbocycles. The maximum atomic E-state index is 14.1. The molecule has 1 rings (SSSR count). The van der Waals surface area contributed by atoms with Gasteiger partial charge in [0.15, 0.2) is 11.6 Å². The number of halogens is 6. The summed E-state index contributed by atoms with van der Waals surface area (Å²) in [5.41, 5.74) is -3.79.